The van der Waals surface area contributed by atoms with Crippen LogP contribution < -0.4 is 0 Å². The number of nitrogens with zero attached hydrogens (tertiary/aromatic N) is 1. The molecule has 29 heavy (non-hydrogen) atoms. The van der Waals surface area contributed by atoms with Crippen molar-refractivity contribution in [3.8, 4) is 0 Å². The number of hydrogen-bond acceptors (Lipinski definition) is 1. The molecule has 0 radical (unpaired) electrons. The first-order valence-electron chi connectivity index (χ1n) is 12.1. The lowest BCUT2D eigenvalue weighted by Gasteiger charge is -2.26. The van der Waals surface area contributed by atoms with Gasteiger partial charge in [0.2, 0.25) is 0 Å². The van der Waals surface area contributed by atoms with Crippen molar-refractivity contribution in [3.63, 3.8) is 0 Å². The van der Waals surface area contributed by atoms with E-state index in [1.807, 2.05) is 0 Å². The number of rotatable bonds is 16. The Kier molecular flexibility index (Phi) is 12.5. The summed E-state index contributed by atoms with van der Waals surface area (Å²) >= 11 is 0. The van der Waals surface area contributed by atoms with Crippen molar-refractivity contribution in [1.29, 1.82) is 0 Å². The molecular weight excluding hydrogens is 350 g/mol. The lowest BCUT2D eigenvalue weighted by molar-refractivity contribution is 0.246. The summed E-state index contributed by atoms with van der Waals surface area (Å²) in [6.07, 6.45) is 14.0. The second kappa shape index (κ2) is 15.3. The van der Waals surface area contributed by atoms with Crippen molar-refractivity contribution in [1.82, 2.24) is 4.90 Å². The predicted molar refractivity (Wildman–Crippen MR) is 128 cm³/mol. The van der Waals surface area contributed by atoms with Crippen molar-refractivity contribution in [2.45, 2.75) is 90.5 Å². The summed E-state index contributed by atoms with van der Waals surface area (Å²) in [5.41, 5.74) is 2.88. The van der Waals surface area contributed by atoms with Crippen LogP contribution in [0.4, 0.5) is 0 Å². The monoisotopic (exact) mass is 393 g/mol. The quantitative estimate of drug-likeness (QED) is 0.260. The highest BCUT2D eigenvalue weighted by atomic mass is 15.1. The van der Waals surface area contributed by atoms with Gasteiger partial charge in [0.1, 0.15) is 0 Å². The predicted octanol–water partition coefficient (Wildman–Crippen LogP) is 8.21. The van der Waals surface area contributed by atoms with Gasteiger partial charge in [-0.3, -0.25) is 4.90 Å². The van der Waals surface area contributed by atoms with Gasteiger partial charge in [0.15, 0.2) is 0 Å². The van der Waals surface area contributed by atoms with Gasteiger partial charge in [-0.1, -0.05) is 132 Å². The summed E-state index contributed by atoms with van der Waals surface area (Å²) in [4.78, 5) is 2.66. The third-order valence-corrected chi connectivity index (χ3v) is 5.98. The Morgan fingerprint density at radius 2 is 1.17 bits per heavy atom. The summed E-state index contributed by atoms with van der Waals surface area (Å²) in [6, 6.07) is 21.9. The van der Waals surface area contributed by atoms with E-state index < -0.39 is 0 Å². The molecule has 0 aliphatic rings. The molecule has 0 N–H and O–H groups in total. The molecule has 160 valence electrons. The summed E-state index contributed by atoms with van der Waals surface area (Å²) in [6.45, 7) is 8.07. The first-order valence-corrected chi connectivity index (χ1v) is 12.1. The molecule has 2 rings (SSSR count). The van der Waals surface area contributed by atoms with Crippen LogP contribution in [0, 0.1) is 0 Å². The molecule has 2 aromatic rings. The van der Waals surface area contributed by atoms with Gasteiger partial charge >= 0.3 is 0 Å². The van der Waals surface area contributed by atoms with Crippen molar-refractivity contribution in [3.05, 3.63) is 71.8 Å². The van der Waals surface area contributed by atoms with Gasteiger partial charge in [-0.15, -0.1) is 0 Å². The third-order valence-electron chi connectivity index (χ3n) is 5.98. The SMILES string of the molecule is CCCCCCCCCCCCN(Cc1ccccc1)CC(C)c1ccccc1. The van der Waals surface area contributed by atoms with Crippen molar-refractivity contribution in [2.24, 2.45) is 0 Å². The van der Waals surface area contributed by atoms with Gasteiger partial charge in [0.05, 0.1) is 0 Å². The molecule has 0 fully saturated rings. The van der Waals surface area contributed by atoms with Crippen LogP contribution >= 0.6 is 0 Å². The summed E-state index contributed by atoms with van der Waals surface area (Å²) < 4.78 is 0. The molecule has 1 nitrogen and oxygen atoms in total. The average molecular weight is 394 g/mol. The van der Waals surface area contributed by atoms with Crippen LogP contribution in [-0.2, 0) is 6.54 Å². The highest BCUT2D eigenvalue weighted by Gasteiger charge is 2.12. The van der Waals surface area contributed by atoms with Crippen LogP contribution in [0.25, 0.3) is 0 Å². The van der Waals surface area contributed by atoms with E-state index in [0.717, 1.165) is 13.1 Å². The Morgan fingerprint density at radius 1 is 0.655 bits per heavy atom. The van der Waals surface area contributed by atoms with E-state index in [1.165, 1.54) is 81.9 Å². The van der Waals surface area contributed by atoms with E-state index in [9.17, 15) is 0 Å². The van der Waals surface area contributed by atoms with E-state index >= 15 is 0 Å². The van der Waals surface area contributed by atoms with Crippen LogP contribution in [0.5, 0.6) is 0 Å². The fraction of sp³-hybridized carbons (Fsp3) is 0.571. The second-order valence-corrected chi connectivity index (χ2v) is 8.71. The maximum Gasteiger partial charge on any atom is 0.0233 e. The molecular formula is C28H43N. The molecule has 0 bridgehead atoms. The first-order chi connectivity index (χ1) is 14.3. The topological polar surface area (TPSA) is 3.24 Å². The zero-order chi connectivity index (χ0) is 20.6. The van der Waals surface area contributed by atoms with Gasteiger partial charge in [0, 0.05) is 13.1 Å². The minimum atomic E-state index is 0.572. The first kappa shape index (κ1) is 23.7. The Morgan fingerprint density at radius 3 is 1.76 bits per heavy atom. The fourth-order valence-corrected chi connectivity index (χ4v) is 4.17. The lowest BCUT2D eigenvalue weighted by Crippen LogP contribution is -2.28. The second-order valence-electron chi connectivity index (χ2n) is 8.71. The molecule has 1 heteroatoms. The largest absolute Gasteiger partial charge is 0.298 e. The standard InChI is InChI=1S/C28H43N/c1-3-4-5-6-7-8-9-10-11-18-23-29(25-27-19-14-12-15-20-27)24-26(2)28-21-16-13-17-22-28/h12-17,19-22,26H,3-11,18,23-25H2,1-2H3. The Balaban J connectivity index is 1.71. The zero-order valence-electron chi connectivity index (χ0n) is 19.0. The van der Waals surface area contributed by atoms with Gasteiger partial charge < -0.3 is 0 Å². The number of hydrogen-bond donors (Lipinski definition) is 0. The molecule has 2 aromatic carbocycles. The van der Waals surface area contributed by atoms with Crippen LogP contribution in [0.1, 0.15) is 95.1 Å². The average Bonchev–Trinajstić information content (AvgIpc) is 2.76. The summed E-state index contributed by atoms with van der Waals surface area (Å²) in [5.74, 6) is 0.572. The third kappa shape index (κ3) is 10.7. The molecule has 1 atom stereocenters. The molecule has 0 aliphatic heterocycles. The number of benzene rings is 2. The minimum absolute atomic E-state index is 0.572. The van der Waals surface area contributed by atoms with E-state index in [2.05, 4.69) is 79.4 Å². The molecule has 0 aliphatic carbocycles. The Labute approximate surface area is 180 Å². The summed E-state index contributed by atoms with van der Waals surface area (Å²) in [5, 5.41) is 0. The van der Waals surface area contributed by atoms with Crippen LogP contribution in [0.3, 0.4) is 0 Å². The Hall–Kier alpha value is -1.60. The maximum atomic E-state index is 2.66. The highest BCUT2D eigenvalue weighted by molar-refractivity contribution is 5.19. The maximum absolute atomic E-state index is 2.66. The van der Waals surface area contributed by atoms with Gasteiger partial charge in [-0.2, -0.15) is 0 Å². The van der Waals surface area contributed by atoms with Gasteiger partial charge in [-0.25, -0.2) is 0 Å². The molecule has 0 saturated carbocycles. The minimum Gasteiger partial charge on any atom is -0.298 e. The molecule has 1 unspecified atom stereocenters. The summed E-state index contributed by atoms with van der Waals surface area (Å²) in [7, 11) is 0. The van der Waals surface area contributed by atoms with Gasteiger partial charge in [-0.05, 0) is 30.0 Å². The molecule has 0 heterocycles. The lowest BCUT2D eigenvalue weighted by atomic mass is 10.00. The molecule has 0 aromatic heterocycles. The highest BCUT2D eigenvalue weighted by Crippen LogP contribution is 2.18. The number of unbranched alkanes of at least 4 members (excludes halogenated alkanes) is 9. The zero-order valence-corrected chi connectivity index (χ0v) is 19.0. The van der Waals surface area contributed by atoms with Crippen LogP contribution in [0.2, 0.25) is 0 Å². The van der Waals surface area contributed by atoms with E-state index in [4.69, 9.17) is 0 Å². The normalized spacial score (nSPS) is 12.4. The smallest absolute Gasteiger partial charge is 0.0233 e. The van der Waals surface area contributed by atoms with E-state index in [-0.39, 0.29) is 0 Å². The van der Waals surface area contributed by atoms with Crippen LogP contribution in [-0.4, -0.2) is 18.0 Å². The van der Waals surface area contributed by atoms with Crippen molar-refractivity contribution in [2.75, 3.05) is 13.1 Å². The molecule has 0 amide bonds. The van der Waals surface area contributed by atoms with E-state index in [0.29, 0.717) is 5.92 Å². The molecule has 0 spiro atoms. The Bertz CT molecular complexity index is 607. The van der Waals surface area contributed by atoms with Crippen molar-refractivity contribution < 1.29 is 0 Å². The van der Waals surface area contributed by atoms with E-state index in [1.54, 1.807) is 0 Å². The molecule has 0 saturated heterocycles. The van der Waals surface area contributed by atoms with Gasteiger partial charge in [0.25, 0.3) is 0 Å². The van der Waals surface area contributed by atoms with Crippen LogP contribution in [0.15, 0.2) is 60.7 Å². The fourth-order valence-electron chi connectivity index (χ4n) is 4.17. The van der Waals surface area contributed by atoms with Crippen molar-refractivity contribution >= 4 is 0 Å².